The Morgan fingerprint density at radius 2 is 2.67 bits per heavy atom. The van der Waals surface area contributed by atoms with Crippen LogP contribution in [-0.2, 0) is 0 Å². The van der Waals surface area contributed by atoms with E-state index in [2.05, 4.69) is 17.2 Å². The summed E-state index contributed by atoms with van der Waals surface area (Å²) in [5.41, 5.74) is 0. The van der Waals surface area contributed by atoms with E-state index in [1.807, 2.05) is 5.38 Å². The Morgan fingerprint density at radius 3 is 3.11 bits per heavy atom. The number of anilines is 1. The predicted molar refractivity (Wildman–Crippen MR) is 43.7 cm³/mol. The SMILES string of the molecule is CCNc1csc(=S)[nH]1. The minimum Gasteiger partial charge on any atom is -0.371 e. The molecule has 0 amide bonds. The number of hydrogen-bond acceptors (Lipinski definition) is 3. The van der Waals surface area contributed by atoms with Crippen LogP contribution in [0.15, 0.2) is 5.38 Å². The first-order valence-electron chi connectivity index (χ1n) is 2.74. The van der Waals surface area contributed by atoms with Crippen LogP contribution in [-0.4, -0.2) is 11.5 Å². The van der Waals surface area contributed by atoms with Gasteiger partial charge in [0.15, 0.2) is 3.95 Å². The fourth-order valence-electron chi connectivity index (χ4n) is 0.558. The molecule has 0 aliphatic heterocycles. The summed E-state index contributed by atoms with van der Waals surface area (Å²) in [5, 5.41) is 5.09. The van der Waals surface area contributed by atoms with Gasteiger partial charge in [0.2, 0.25) is 0 Å². The lowest BCUT2D eigenvalue weighted by atomic mass is 10.7. The highest BCUT2D eigenvalue weighted by molar-refractivity contribution is 7.73. The molecule has 0 radical (unpaired) electrons. The monoisotopic (exact) mass is 160 g/mol. The number of aromatic amines is 1. The molecular weight excluding hydrogens is 152 g/mol. The Bertz CT molecular complexity index is 225. The maximum absolute atomic E-state index is 4.87. The number of aromatic nitrogens is 1. The molecule has 1 rings (SSSR count). The molecule has 1 heterocycles. The van der Waals surface area contributed by atoms with Crippen molar-refractivity contribution < 1.29 is 0 Å². The zero-order valence-corrected chi connectivity index (χ0v) is 6.73. The Balaban J connectivity index is 2.73. The molecule has 50 valence electrons. The Labute approximate surface area is 62.9 Å². The van der Waals surface area contributed by atoms with Crippen LogP contribution < -0.4 is 5.32 Å². The van der Waals surface area contributed by atoms with E-state index in [0.717, 1.165) is 16.3 Å². The van der Waals surface area contributed by atoms with Crippen molar-refractivity contribution in [2.24, 2.45) is 0 Å². The van der Waals surface area contributed by atoms with Gasteiger partial charge < -0.3 is 10.3 Å². The molecule has 0 saturated carbocycles. The summed E-state index contributed by atoms with van der Waals surface area (Å²) >= 11 is 6.41. The smallest absolute Gasteiger partial charge is 0.159 e. The van der Waals surface area contributed by atoms with E-state index in [-0.39, 0.29) is 0 Å². The zero-order chi connectivity index (χ0) is 6.69. The first kappa shape index (κ1) is 6.77. The maximum Gasteiger partial charge on any atom is 0.159 e. The lowest BCUT2D eigenvalue weighted by Gasteiger charge is -1.93. The van der Waals surface area contributed by atoms with Gasteiger partial charge in [-0.1, -0.05) is 0 Å². The van der Waals surface area contributed by atoms with Gasteiger partial charge in [0.05, 0.1) is 0 Å². The molecule has 0 aromatic carbocycles. The van der Waals surface area contributed by atoms with Gasteiger partial charge in [-0.05, 0) is 19.1 Å². The third-order valence-electron chi connectivity index (χ3n) is 0.888. The summed E-state index contributed by atoms with van der Waals surface area (Å²) in [6, 6.07) is 0. The molecule has 0 atom stereocenters. The van der Waals surface area contributed by atoms with Gasteiger partial charge in [-0.15, -0.1) is 11.3 Å². The average molecular weight is 160 g/mol. The van der Waals surface area contributed by atoms with Crippen LogP contribution in [0.5, 0.6) is 0 Å². The molecule has 4 heteroatoms. The molecular formula is C5H8N2S2. The standard InChI is InChI=1S/C5H8N2S2/c1-2-6-4-3-9-5(8)7-4/h3,6H,2H2,1H3,(H,7,8). The van der Waals surface area contributed by atoms with Crippen LogP contribution >= 0.6 is 23.6 Å². The van der Waals surface area contributed by atoms with E-state index < -0.39 is 0 Å². The van der Waals surface area contributed by atoms with Crippen molar-refractivity contribution in [1.82, 2.24) is 4.98 Å². The summed E-state index contributed by atoms with van der Waals surface area (Å²) < 4.78 is 0.825. The fourth-order valence-corrected chi connectivity index (χ4v) is 1.35. The van der Waals surface area contributed by atoms with Gasteiger partial charge in [0, 0.05) is 11.9 Å². The normalized spacial score (nSPS) is 9.44. The molecule has 0 aliphatic rings. The molecule has 0 bridgehead atoms. The second kappa shape index (κ2) is 2.98. The van der Waals surface area contributed by atoms with Gasteiger partial charge in [-0.2, -0.15) is 0 Å². The zero-order valence-electron chi connectivity index (χ0n) is 5.10. The van der Waals surface area contributed by atoms with E-state index in [1.54, 1.807) is 11.3 Å². The van der Waals surface area contributed by atoms with Crippen molar-refractivity contribution in [2.45, 2.75) is 6.92 Å². The Morgan fingerprint density at radius 1 is 1.89 bits per heavy atom. The van der Waals surface area contributed by atoms with E-state index in [1.165, 1.54) is 0 Å². The van der Waals surface area contributed by atoms with Crippen LogP contribution in [0.4, 0.5) is 5.82 Å². The molecule has 1 aromatic rings. The third kappa shape index (κ3) is 1.80. The summed E-state index contributed by atoms with van der Waals surface area (Å²) in [6.45, 7) is 2.98. The van der Waals surface area contributed by atoms with Crippen molar-refractivity contribution >= 4 is 29.4 Å². The highest BCUT2D eigenvalue weighted by Crippen LogP contribution is 2.08. The number of nitrogens with one attached hydrogen (secondary N) is 2. The van der Waals surface area contributed by atoms with Crippen LogP contribution in [0, 0.1) is 3.95 Å². The largest absolute Gasteiger partial charge is 0.371 e. The topological polar surface area (TPSA) is 27.8 Å². The summed E-state index contributed by atoms with van der Waals surface area (Å²) in [4.78, 5) is 3.00. The molecule has 0 fully saturated rings. The molecule has 0 saturated heterocycles. The van der Waals surface area contributed by atoms with Crippen LogP contribution in [0.2, 0.25) is 0 Å². The minimum absolute atomic E-state index is 0.825. The van der Waals surface area contributed by atoms with Gasteiger partial charge in [0.1, 0.15) is 5.82 Å². The number of rotatable bonds is 2. The lowest BCUT2D eigenvalue weighted by Crippen LogP contribution is -1.95. The third-order valence-corrected chi connectivity index (χ3v) is 1.95. The van der Waals surface area contributed by atoms with Gasteiger partial charge in [-0.3, -0.25) is 0 Å². The van der Waals surface area contributed by atoms with Gasteiger partial charge in [0.25, 0.3) is 0 Å². The van der Waals surface area contributed by atoms with Crippen LogP contribution in [0.25, 0.3) is 0 Å². The van der Waals surface area contributed by atoms with Crippen LogP contribution in [0.1, 0.15) is 6.92 Å². The molecule has 0 spiro atoms. The second-order valence-corrected chi connectivity index (χ2v) is 3.14. The fraction of sp³-hybridized carbons (Fsp3) is 0.400. The van der Waals surface area contributed by atoms with Crippen molar-refractivity contribution in [2.75, 3.05) is 11.9 Å². The summed E-state index contributed by atoms with van der Waals surface area (Å²) in [6.07, 6.45) is 0. The molecule has 2 nitrogen and oxygen atoms in total. The van der Waals surface area contributed by atoms with E-state index in [9.17, 15) is 0 Å². The number of hydrogen-bond donors (Lipinski definition) is 2. The Hall–Kier alpha value is -0.350. The highest BCUT2D eigenvalue weighted by Gasteiger charge is 1.87. The van der Waals surface area contributed by atoms with Gasteiger partial charge >= 0.3 is 0 Å². The molecule has 0 unspecified atom stereocenters. The number of thiazole rings is 1. The molecule has 2 N–H and O–H groups in total. The van der Waals surface area contributed by atoms with Gasteiger partial charge in [-0.25, -0.2) is 0 Å². The Kier molecular flexibility index (Phi) is 2.24. The summed E-state index contributed by atoms with van der Waals surface area (Å²) in [7, 11) is 0. The van der Waals surface area contributed by atoms with Crippen molar-refractivity contribution in [1.29, 1.82) is 0 Å². The van der Waals surface area contributed by atoms with Crippen LogP contribution in [0.3, 0.4) is 0 Å². The molecule has 9 heavy (non-hydrogen) atoms. The van der Waals surface area contributed by atoms with E-state index in [0.29, 0.717) is 0 Å². The predicted octanol–water partition coefficient (Wildman–Crippen LogP) is 2.24. The van der Waals surface area contributed by atoms with Crippen molar-refractivity contribution in [3.05, 3.63) is 9.33 Å². The van der Waals surface area contributed by atoms with E-state index >= 15 is 0 Å². The molecule has 1 aromatic heterocycles. The lowest BCUT2D eigenvalue weighted by molar-refractivity contribution is 1.17. The first-order chi connectivity index (χ1) is 4.33. The molecule has 0 aliphatic carbocycles. The quantitative estimate of drug-likeness (QED) is 0.649. The van der Waals surface area contributed by atoms with Crippen molar-refractivity contribution in [3.63, 3.8) is 0 Å². The van der Waals surface area contributed by atoms with E-state index in [4.69, 9.17) is 12.2 Å². The first-order valence-corrected chi connectivity index (χ1v) is 4.03. The second-order valence-electron chi connectivity index (χ2n) is 1.59. The summed E-state index contributed by atoms with van der Waals surface area (Å²) in [5.74, 6) is 1.02. The maximum atomic E-state index is 4.87. The number of H-pyrrole nitrogens is 1. The average Bonchev–Trinajstić information content (AvgIpc) is 2.17. The highest BCUT2D eigenvalue weighted by atomic mass is 32.1. The minimum atomic E-state index is 0.825. The van der Waals surface area contributed by atoms with Crippen molar-refractivity contribution in [3.8, 4) is 0 Å².